The van der Waals surface area contributed by atoms with Gasteiger partial charge in [0.1, 0.15) is 0 Å². The summed E-state index contributed by atoms with van der Waals surface area (Å²) in [7, 11) is 4.44. The summed E-state index contributed by atoms with van der Waals surface area (Å²) in [6, 6.07) is 0.583. The van der Waals surface area contributed by atoms with E-state index in [1.807, 2.05) is 0 Å². The quantitative estimate of drug-likeness (QED) is 0.828. The Kier molecular flexibility index (Phi) is 5.22. The zero-order chi connectivity index (χ0) is 14.0. The second kappa shape index (κ2) is 5.89. The van der Waals surface area contributed by atoms with Crippen molar-refractivity contribution in [3.63, 3.8) is 0 Å². The molecular formula is C15H33N3. The van der Waals surface area contributed by atoms with Crippen LogP contribution in [0.4, 0.5) is 0 Å². The molecule has 1 fully saturated rings. The first kappa shape index (κ1) is 15.9. The smallest absolute Gasteiger partial charge is 0.0201 e. The van der Waals surface area contributed by atoms with Crippen LogP contribution in [-0.4, -0.2) is 62.7 Å². The lowest BCUT2D eigenvalue weighted by atomic mass is 9.70. The van der Waals surface area contributed by atoms with Gasteiger partial charge in [0.15, 0.2) is 0 Å². The molecule has 0 aromatic rings. The molecule has 0 bridgehead atoms. The molecule has 0 spiro atoms. The molecule has 0 aromatic heterocycles. The van der Waals surface area contributed by atoms with Gasteiger partial charge in [0.25, 0.3) is 0 Å². The summed E-state index contributed by atoms with van der Waals surface area (Å²) in [5, 5.41) is 3.43. The molecule has 3 heteroatoms. The molecule has 3 nitrogen and oxygen atoms in total. The second-order valence-electron chi connectivity index (χ2n) is 7.75. The van der Waals surface area contributed by atoms with E-state index in [9.17, 15) is 0 Å². The minimum Gasteiger partial charge on any atom is -0.314 e. The molecule has 1 unspecified atom stereocenters. The first-order chi connectivity index (χ1) is 8.14. The highest BCUT2D eigenvalue weighted by Crippen LogP contribution is 2.37. The molecule has 0 saturated carbocycles. The van der Waals surface area contributed by atoms with Crippen LogP contribution in [0.25, 0.3) is 0 Å². The molecular weight excluding hydrogens is 222 g/mol. The van der Waals surface area contributed by atoms with Crippen molar-refractivity contribution in [2.75, 3.05) is 46.8 Å². The van der Waals surface area contributed by atoms with E-state index in [-0.39, 0.29) is 0 Å². The van der Waals surface area contributed by atoms with Crippen LogP contribution < -0.4 is 5.32 Å². The summed E-state index contributed by atoms with van der Waals surface area (Å²) in [5.74, 6) is 0. The van der Waals surface area contributed by atoms with Crippen molar-refractivity contribution in [2.24, 2.45) is 10.8 Å². The molecule has 1 rings (SSSR count). The first-order valence-electron chi connectivity index (χ1n) is 7.24. The fourth-order valence-corrected chi connectivity index (χ4v) is 4.18. The van der Waals surface area contributed by atoms with E-state index in [0.717, 1.165) is 13.1 Å². The highest BCUT2D eigenvalue weighted by Gasteiger charge is 2.40. The average molecular weight is 255 g/mol. The normalized spacial score (nSPS) is 21.3. The predicted molar refractivity (Wildman–Crippen MR) is 80.0 cm³/mol. The van der Waals surface area contributed by atoms with Crippen LogP contribution in [0.2, 0.25) is 0 Å². The second-order valence-corrected chi connectivity index (χ2v) is 7.75. The SMILES string of the molecule is CN(C)C(C(C)(C)C)C(C)(C)CN1CCNCC1. The van der Waals surface area contributed by atoms with Gasteiger partial charge in [-0.1, -0.05) is 34.6 Å². The number of nitrogens with zero attached hydrogens (tertiary/aromatic N) is 2. The molecule has 1 aliphatic heterocycles. The van der Waals surface area contributed by atoms with Gasteiger partial charge < -0.3 is 15.1 Å². The van der Waals surface area contributed by atoms with Crippen LogP contribution in [0, 0.1) is 10.8 Å². The summed E-state index contributed by atoms with van der Waals surface area (Å²) < 4.78 is 0. The Bertz CT molecular complexity index is 247. The van der Waals surface area contributed by atoms with Crippen molar-refractivity contribution in [1.82, 2.24) is 15.1 Å². The lowest BCUT2D eigenvalue weighted by Gasteiger charge is -2.49. The summed E-state index contributed by atoms with van der Waals surface area (Å²) in [4.78, 5) is 5.01. The van der Waals surface area contributed by atoms with Gasteiger partial charge in [-0.3, -0.25) is 0 Å². The molecule has 1 heterocycles. The van der Waals surface area contributed by atoms with Crippen molar-refractivity contribution in [3.05, 3.63) is 0 Å². The van der Waals surface area contributed by atoms with Crippen LogP contribution in [0.3, 0.4) is 0 Å². The molecule has 1 aliphatic rings. The number of hydrogen-bond donors (Lipinski definition) is 1. The van der Waals surface area contributed by atoms with E-state index in [2.05, 4.69) is 63.8 Å². The summed E-state index contributed by atoms with van der Waals surface area (Å²) in [6.45, 7) is 17.8. The number of nitrogens with one attached hydrogen (secondary N) is 1. The maximum Gasteiger partial charge on any atom is 0.0201 e. The van der Waals surface area contributed by atoms with Gasteiger partial charge in [-0.15, -0.1) is 0 Å². The fraction of sp³-hybridized carbons (Fsp3) is 1.00. The third-order valence-corrected chi connectivity index (χ3v) is 3.92. The minimum absolute atomic E-state index is 0.305. The van der Waals surface area contributed by atoms with Gasteiger partial charge in [0.05, 0.1) is 0 Å². The number of piperazine rings is 1. The summed E-state index contributed by atoms with van der Waals surface area (Å²) in [5.41, 5.74) is 0.611. The Balaban J connectivity index is 2.74. The Morgan fingerprint density at radius 2 is 1.56 bits per heavy atom. The predicted octanol–water partition coefficient (Wildman–Crippen LogP) is 1.89. The van der Waals surface area contributed by atoms with Crippen LogP contribution >= 0.6 is 0 Å². The van der Waals surface area contributed by atoms with Gasteiger partial charge in [0.2, 0.25) is 0 Å². The number of rotatable bonds is 4. The zero-order valence-corrected chi connectivity index (χ0v) is 13.5. The Morgan fingerprint density at radius 1 is 1.06 bits per heavy atom. The minimum atomic E-state index is 0.305. The summed E-state index contributed by atoms with van der Waals surface area (Å²) in [6.07, 6.45) is 0. The van der Waals surface area contributed by atoms with Gasteiger partial charge in [-0.25, -0.2) is 0 Å². The molecule has 0 aromatic carbocycles. The molecule has 0 amide bonds. The molecule has 0 aliphatic carbocycles. The van der Waals surface area contributed by atoms with Crippen molar-refractivity contribution >= 4 is 0 Å². The number of hydrogen-bond acceptors (Lipinski definition) is 3. The van der Waals surface area contributed by atoms with Crippen LogP contribution in [-0.2, 0) is 0 Å². The maximum atomic E-state index is 3.43. The average Bonchev–Trinajstić information content (AvgIpc) is 2.13. The van der Waals surface area contributed by atoms with Crippen LogP contribution in [0.1, 0.15) is 34.6 Å². The van der Waals surface area contributed by atoms with Gasteiger partial charge >= 0.3 is 0 Å². The Morgan fingerprint density at radius 3 is 1.94 bits per heavy atom. The lowest BCUT2D eigenvalue weighted by molar-refractivity contribution is 0.0130. The maximum absolute atomic E-state index is 3.43. The highest BCUT2D eigenvalue weighted by molar-refractivity contribution is 4.94. The van der Waals surface area contributed by atoms with Crippen molar-refractivity contribution < 1.29 is 0 Å². The Hall–Kier alpha value is -0.120. The molecule has 1 N–H and O–H groups in total. The van der Waals surface area contributed by atoms with E-state index in [0.29, 0.717) is 16.9 Å². The van der Waals surface area contributed by atoms with E-state index >= 15 is 0 Å². The topological polar surface area (TPSA) is 18.5 Å². The van der Waals surface area contributed by atoms with E-state index in [1.165, 1.54) is 19.6 Å². The molecule has 108 valence electrons. The summed E-state index contributed by atoms with van der Waals surface area (Å²) >= 11 is 0. The highest BCUT2D eigenvalue weighted by atomic mass is 15.2. The van der Waals surface area contributed by atoms with E-state index < -0.39 is 0 Å². The zero-order valence-electron chi connectivity index (χ0n) is 13.5. The standard InChI is InChI=1S/C15H33N3/c1-14(2,3)13(17(6)7)15(4,5)12-18-10-8-16-9-11-18/h13,16H,8-12H2,1-7H3. The molecule has 1 saturated heterocycles. The van der Waals surface area contributed by atoms with Gasteiger partial charge in [0, 0.05) is 38.8 Å². The van der Waals surface area contributed by atoms with Crippen LogP contribution in [0.5, 0.6) is 0 Å². The van der Waals surface area contributed by atoms with Gasteiger partial charge in [-0.2, -0.15) is 0 Å². The lowest BCUT2D eigenvalue weighted by Crippen LogP contribution is -2.56. The van der Waals surface area contributed by atoms with Crippen LogP contribution in [0.15, 0.2) is 0 Å². The molecule has 18 heavy (non-hydrogen) atoms. The molecule has 1 atom stereocenters. The van der Waals surface area contributed by atoms with E-state index in [4.69, 9.17) is 0 Å². The largest absolute Gasteiger partial charge is 0.314 e. The van der Waals surface area contributed by atoms with Crippen molar-refractivity contribution in [3.8, 4) is 0 Å². The van der Waals surface area contributed by atoms with Crippen molar-refractivity contribution in [2.45, 2.75) is 40.7 Å². The monoisotopic (exact) mass is 255 g/mol. The first-order valence-corrected chi connectivity index (χ1v) is 7.24. The van der Waals surface area contributed by atoms with Gasteiger partial charge in [-0.05, 0) is 24.9 Å². The van der Waals surface area contributed by atoms with Crippen molar-refractivity contribution in [1.29, 1.82) is 0 Å². The molecule has 0 radical (unpaired) electrons. The Labute approximate surface area is 114 Å². The third-order valence-electron chi connectivity index (χ3n) is 3.92. The fourth-order valence-electron chi connectivity index (χ4n) is 4.18. The van der Waals surface area contributed by atoms with E-state index in [1.54, 1.807) is 0 Å². The third kappa shape index (κ3) is 4.22.